The van der Waals surface area contributed by atoms with Gasteiger partial charge in [0.2, 0.25) is 7.37 Å². The van der Waals surface area contributed by atoms with Crippen LogP contribution < -0.4 is 11.2 Å². The summed E-state index contributed by atoms with van der Waals surface area (Å²) in [5, 5.41) is 0. The number of aromatic nitrogens is 2. The summed E-state index contributed by atoms with van der Waals surface area (Å²) in [5.41, 5.74) is -0.619. The van der Waals surface area contributed by atoms with Gasteiger partial charge in [0.1, 0.15) is 0 Å². The van der Waals surface area contributed by atoms with Gasteiger partial charge < -0.3 is 9.63 Å². The fourth-order valence-electron chi connectivity index (χ4n) is 1.86. The maximum atomic E-state index is 11.7. The Bertz CT molecular complexity index is 668. The van der Waals surface area contributed by atoms with E-state index in [-0.39, 0.29) is 6.16 Å². The number of H-pyrrole nitrogens is 1. The molecule has 0 bridgehead atoms. The molecule has 0 aromatic carbocycles. The molecule has 0 amide bonds. The fraction of sp³-hybridized carbons (Fsp3) is 0.455. The zero-order valence-corrected chi connectivity index (χ0v) is 11.5. The minimum atomic E-state index is -3.18. The molecule has 2 rings (SSSR count). The summed E-state index contributed by atoms with van der Waals surface area (Å²) in [7, 11) is -3.18. The molecule has 0 radical (unpaired) electrons. The van der Waals surface area contributed by atoms with E-state index >= 15 is 0 Å². The minimum Gasteiger partial charge on any atom is -0.346 e. The normalized spacial score (nSPS) is 25.4. The van der Waals surface area contributed by atoms with E-state index in [0.717, 1.165) is 0 Å². The SMILES string of the molecule is Cc1cn([C@H]2C=C[C@@H](CP(C)(=O)O)O2)c(=O)[nH]c1=O. The molecule has 0 fully saturated rings. The summed E-state index contributed by atoms with van der Waals surface area (Å²) < 4.78 is 18.0. The van der Waals surface area contributed by atoms with Crippen molar-refractivity contribution in [2.75, 3.05) is 12.8 Å². The smallest absolute Gasteiger partial charge is 0.330 e. The van der Waals surface area contributed by atoms with Crippen LogP contribution in [0.25, 0.3) is 0 Å². The van der Waals surface area contributed by atoms with Crippen LogP contribution in [0.5, 0.6) is 0 Å². The second kappa shape index (κ2) is 4.92. The first-order valence-corrected chi connectivity index (χ1v) is 8.00. The highest BCUT2D eigenvalue weighted by atomic mass is 31.2. The van der Waals surface area contributed by atoms with Gasteiger partial charge in [-0.05, 0) is 13.0 Å². The Kier molecular flexibility index (Phi) is 3.62. The lowest BCUT2D eigenvalue weighted by molar-refractivity contribution is 0.0250. The third-order valence-electron chi connectivity index (χ3n) is 2.74. The highest BCUT2D eigenvalue weighted by Gasteiger charge is 2.26. The van der Waals surface area contributed by atoms with Gasteiger partial charge in [0.05, 0.1) is 12.3 Å². The molecular weight excluding hydrogens is 271 g/mol. The Labute approximate surface area is 109 Å². The van der Waals surface area contributed by atoms with Crippen molar-refractivity contribution in [2.24, 2.45) is 0 Å². The Morgan fingerprint density at radius 1 is 1.47 bits per heavy atom. The molecule has 3 atom stereocenters. The lowest BCUT2D eigenvalue weighted by atomic mass is 10.3. The maximum Gasteiger partial charge on any atom is 0.330 e. The first kappa shape index (κ1) is 14.0. The van der Waals surface area contributed by atoms with E-state index in [1.165, 1.54) is 17.4 Å². The van der Waals surface area contributed by atoms with E-state index in [2.05, 4.69) is 4.98 Å². The fourth-order valence-corrected chi connectivity index (χ4v) is 2.74. The van der Waals surface area contributed by atoms with Crippen molar-refractivity contribution in [3.8, 4) is 0 Å². The summed E-state index contributed by atoms with van der Waals surface area (Å²) in [6.07, 6.45) is 3.49. The number of nitrogens with one attached hydrogen (secondary N) is 1. The topological polar surface area (TPSA) is 101 Å². The second-order valence-corrected chi connectivity index (χ2v) is 7.13. The molecule has 0 aliphatic carbocycles. The van der Waals surface area contributed by atoms with E-state index in [9.17, 15) is 19.0 Å². The van der Waals surface area contributed by atoms with Gasteiger partial charge in [-0.3, -0.25) is 18.9 Å². The molecule has 1 unspecified atom stereocenters. The summed E-state index contributed by atoms with van der Waals surface area (Å²) in [6.45, 7) is 2.84. The Morgan fingerprint density at radius 2 is 2.16 bits per heavy atom. The molecule has 7 nitrogen and oxygen atoms in total. The quantitative estimate of drug-likeness (QED) is 0.610. The Hall–Kier alpha value is -1.43. The third-order valence-corrected chi connectivity index (χ3v) is 3.78. The van der Waals surface area contributed by atoms with Crippen LogP contribution in [0.1, 0.15) is 11.8 Å². The lowest BCUT2D eigenvalue weighted by Crippen LogP contribution is -2.33. The van der Waals surface area contributed by atoms with Crippen LogP contribution >= 0.6 is 7.37 Å². The minimum absolute atomic E-state index is 0.00289. The predicted molar refractivity (Wildman–Crippen MR) is 69.7 cm³/mol. The van der Waals surface area contributed by atoms with Gasteiger partial charge in [0, 0.05) is 18.4 Å². The lowest BCUT2D eigenvalue weighted by Gasteiger charge is -2.17. The van der Waals surface area contributed by atoms with Crippen molar-refractivity contribution >= 4 is 7.37 Å². The summed E-state index contributed by atoms with van der Waals surface area (Å²) in [6, 6.07) is 0. The van der Waals surface area contributed by atoms with Crippen molar-refractivity contribution in [2.45, 2.75) is 19.3 Å². The molecule has 1 aromatic rings. The van der Waals surface area contributed by atoms with Crippen LogP contribution in [0.3, 0.4) is 0 Å². The van der Waals surface area contributed by atoms with Crippen molar-refractivity contribution in [1.82, 2.24) is 9.55 Å². The highest BCUT2D eigenvalue weighted by Crippen LogP contribution is 2.38. The number of aromatic amines is 1. The molecular formula is C11H15N2O5P. The van der Waals surface area contributed by atoms with Crippen LogP contribution in [0, 0.1) is 6.92 Å². The average Bonchev–Trinajstić information content (AvgIpc) is 2.69. The molecule has 2 N–H and O–H groups in total. The molecule has 2 heterocycles. The Morgan fingerprint density at radius 3 is 2.79 bits per heavy atom. The predicted octanol–water partition coefficient (Wildman–Crippen LogP) is 0.199. The largest absolute Gasteiger partial charge is 0.346 e. The number of hydrogen-bond donors (Lipinski definition) is 2. The van der Waals surface area contributed by atoms with E-state index in [0.29, 0.717) is 5.56 Å². The van der Waals surface area contributed by atoms with E-state index in [4.69, 9.17) is 4.74 Å². The van der Waals surface area contributed by atoms with Gasteiger partial charge in [-0.2, -0.15) is 0 Å². The van der Waals surface area contributed by atoms with Gasteiger partial charge in [-0.1, -0.05) is 6.08 Å². The summed E-state index contributed by atoms with van der Waals surface area (Å²) in [5.74, 6) is 0. The van der Waals surface area contributed by atoms with Crippen LogP contribution in [-0.4, -0.2) is 33.4 Å². The highest BCUT2D eigenvalue weighted by molar-refractivity contribution is 7.57. The number of nitrogens with zero attached hydrogens (tertiary/aromatic N) is 1. The Balaban J connectivity index is 2.21. The zero-order chi connectivity index (χ0) is 14.2. The maximum absolute atomic E-state index is 11.7. The third kappa shape index (κ3) is 3.32. The van der Waals surface area contributed by atoms with Crippen molar-refractivity contribution in [1.29, 1.82) is 0 Å². The molecule has 0 saturated heterocycles. The number of hydrogen-bond acceptors (Lipinski definition) is 4. The van der Waals surface area contributed by atoms with E-state index < -0.39 is 30.9 Å². The second-order valence-electron chi connectivity index (χ2n) is 4.66. The van der Waals surface area contributed by atoms with Gasteiger partial charge in [-0.25, -0.2) is 4.79 Å². The molecule has 1 aliphatic heterocycles. The standard InChI is InChI=1S/C11H15N2O5P/c1-7-5-13(11(15)12-10(7)14)9-4-3-8(18-9)6-19(2,16)17/h3-5,8-9H,6H2,1-2H3,(H,16,17)(H,12,14,15)/t8-,9+/m0/s1. The molecule has 1 aliphatic rings. The van der Waals surface area contributed by atoms with Gasteiger partial charge >= 0.3 is 5.69 Å². The van der Waals surface area contributed by atoms with Gasteiger partial charge in [0.15, 0.2) is 6.23 Å². The summed E-state index contributed by atoms with van der Waals surface area (Å²) >= 11 is 0. The number of rotatable bonds is 3. The molecule has 19 heavy (non-hydrogen) atoms. The van der Waals surface area contributed by atoms with Crippen LogP contribution in [-0.2, 0) is 9.30 Å². The van der Waals surface area contributed by atoms with Crippen LogP contribution in [0.15, 0.2) is 27.9 Å². The number of ether oxygens (including phenoxy) is 1. The molecule has 0 spiro atoms. The van der Waals surface area contributed by atoms with Crippen LogP contribution in [0.4, 0.5) is 0 Å². The number of aryl methyl sites for hydroxylation is 1. The molecule has 0 saturated carbocycles. The van der Waals surface area contributed by atoms with Crippen molar-refractivity contribution in [3.05, 3.63) is 44.8 Å². The summed E-state index contributed by atoms with van der Waals surface area (Å²) in [4.78, 5) is 34.4. The van der Waals surface area contributed by atoms with Crippen molar-refractivity contribution < 1.29 is 14.2 Å². The van der Waals surface area contributed by atoms with Crippen molar-refractivity contribution in [3.63, 3.8) is 0 Å². The van der Waals surface area contributed by atoms with E-state index in [1.54, 1.807) is 19.1 Å². The molecule has 8 heteroatoms. The first-order valence-electron chi connectivity index (χ1n) is 5.71. The van der Waals surface area contributed by atoms with Gasteiger partial charge in [-0.15, -0.1) is 0 Å². The van der Waals surface area contributed by atoms with E-state index in [1.807, 2.05) is 0 Å². The average molecular weight is 286 g/mol. The monoisotopic (exact) mass is 286 g/mol. The molecule has 1 aromatic heterocycles. The van der Waals surface area contributed by atoms with Crippen LogP contribution in [0.2, 0.25) is 0 Å². The molecule has 104 valence electrons. The van der Waals surface area contributed by atoms with Gasteiger partial charge in [0.25, 0.3) is 5.56 Å². The first-order chi connectivity index (χ1) is 8.76. The zero-order valence-electron chi connectivity index (χ0n) is 10.6.